The molecule has 0 spiro atoms. The Morgan fingerprint density at radius 2 is 1.64 bits per heavy atom. The fourth-order valence-corrected chi connectivity index (χ4v) is 3.92. The number of benzene rings is 2. The molecule has 1 fully saturated rings. The Bertz CT molecular complexity index is 1160. The minimum Gasteiger partial charge on any atom is -0.353 e. The lowest BCUT2D eigenvalue weighted by atomic mass is 10.2. The number of nitrogens with zero attached hydrogens (tertiary/aromatic N) is 3. The number of pyridine rings is 1. The molecule has 170 valence electrons. The molecule has 2 aromatic carbocycles. The van der Waals surface area contributed by atoms with Gasteiger partial charge in [-0.15, -0.1) is 0 Å². The lowest BCUT2D eigenvalue weighted by Crippen LogP contribution is -2.48. The molecule has 9 heteroatoms. The number of rotatable bonds is 5. The van der Waals surface area contributed by atoms with Crippen molar-refractivity contribution in [3.05, 3.63) is 76.4 Å². The SMILES string of the molecule is CC(=O)N1CCN(c2ccc(C(=O)Nc3ccc(Cl)c(Nc4ccccc4Cl)c3)cn2)CC1. The van der Waals surface area contributed by atoms with Crippen LogP contribution in [0.5, 0.6) is 0 Å². The van der Waals surface area contributed by atoms with E-state index in [0.717, 1.165) is 5.82 Å². The normalized spacial score (nSPS) is 13.5. The van der Waals surface area contributed by atoms with Crippen LogP contribution >= 0.6 is 23.2 Å². The van der Waals surface area contributed by atoms with Gasteiger partial charge in [0, 0.05) is 45.0 Å². The predicted octanol–water partition coefficient (Wildman–Crippen LogP) is 5.05. The molecular weight excluding hydrogens is 461 g/mol. The second-order valence-corrected chi connectivity index (χ2v) is 8.47. The zero-order valence-electron chi connectivity index (χ0n) is 18.0. The zero-order valence-corrected chi connectivity index (χ0v) is 19.5. The maximum Gasteiger partial charge on any atom is 0.257 e. The largest absolute Gasteiger partial charge is 0.353 e. The van der Waals surface area contributed by atoms with E-state index in [-0.39, 0.29) is 11.8 Å². The summed E-state index contributed by atoms with van der Waals surface area (Å²) >= 11 is 12.5. The van der Waals surface area contributed by atoms with Crippen LogP contribution in [-0.4, -0.2) is 47.9 Å². The van der Waals surface area contributed by atoms with Crippen LogP contribution in [0.4, 0.5) is 22.9 Å². The van der Waals surface area contributed by atoms with Crippen molar-refractivity contribution in [3.8, 4) is 0 Å². The summed E-state index contributed by atoms with van der Waals surface area (Å²) in [7, 11) is 0. The Morgan fingerprint density at radius 3 is 2.30 bits per heavy atom. The summed E-state index contributed by atoms with van der Waals surface area (Å²) in [6, 6.07) is 16.1. The number of amides is 2. The van der Waals surface area contributed by atoms with E-state index in [9.17, 15) is 9.59 Å². The smallest absolute Gasteiger partial charge is 0.257 e. The van der Waals surface area contributed by atoms with Crippen molar-refractivity contribution < 1.29 is 9.59 Å². The number of anilines is 4. The first-order chi connectivity index (χ1) is 15.9. The molecule has 2 heterocycles. The lowest BCUT2D eigenvalue weighted by Gasteiger charge is -2.34. The molecule has 0 radical (unpaired) electrons. The van der Waals surface area contributed by atoms with Gasteiger partial charge in [0.25, 0.3) is 5.91 Å². The average molecular weight is 484 g/mol. The minimum atomic E-state index is -0.276. The topological polar surface area (TPSA) is 77.6 Å². The lowest BCUT2D eigenvalue weighted by molar-refractivity contribution is -0.129. The molecular formula is C24H23Cl2N5O2. The molecule has 1 aromatic heterocycles. The molecule has 0 atom stereocenters. The maximum atomic E-state index is 12.7. The molecule has 2 N–H and O–H groups in total. The highest BCUT2D eigenvalue weighted by Gasteiger charge is 2.20. The number of hydrogen-bond acceptors (Lipinski definition) is 5. The van der Waals surface area contributed by atoms with Crippen molar-refractivity contribution in [1.82, 2.24) is 9.88 Å². The molecule has 3 aromatic rings. The van der Waals surface area contributed by atoms with Crippen LogP contribution in [0.3, 0.4) is 0 Å². The Morgan fingerprint density at radius 1 is 0.909 bits per heavy atom. The average Bonchev–Trinajstić information content (AvgIpc) is 2.83. The van der Waals surface area contributed by atoms with Gasteiger partial charge in [0.15, 0.2) is 0 Å². The van der Waals surface area contributed by atoms with E-state index in [1.165, 1.54) is 0 Å². The van der Waals surface area contributed by atoms with Crippen molar-refractivity contribution in [1.29, 1.82) is 0 Å². The number of carbonyl (C=O) groups excluding carboxylic acids is 2. The van der Waals surface area contributed by atoms with Gasteiger partial charge in [0.05, 0.1) is 27.0 Å². The Labute approximate surface area is 202 Å². The molecule has 0 saturated carbocycles. The van der Waals surface area contributed by atoms with Gasteiger partial charge in [-0.2, -0.15) is 0 Å². The predicted molar refractivity (Wildman–Crippen MR) is 133 cm³/mol. The van der Waals surface area contributed by atoms with Gasteiger partial charge in [-0.05, 0) is 42.5 Å². The standard InChI is InChI=1S/C24H23Cl2N5O2/c1-16(32)30-10-12-31(13-11-30)23-9-6-17(15-27-23)24(33)28-18-7-8-20(26)22(14-18)29-21-5-3-2-4-19(21)25/h2-9,14-15,29H,10-13H2,1H3,(H,28,33). The van der Waals surface area contributed by atoms with E-state index in [1.54, 1.807) is 43.5 Å². The van der Waals surface area contributed by atoms with E-state index in [2.05, 4.69) is 20.5 Å². The number of carbonyl (C=O) groups is 2. The van der Waals surface area contributed by atoms with Crippen LogP contribution in [-0.2, 0) is 4.79 Å². The van der Waals surface area contributed by atoms with Gasteiger partial charge in [0.2, 0.25) is 5.91 Å². The number of piperazine rings is 1. The second-order valence-electron chi connectivity index (χ2n) is 7.65. The summed E-state index contributed by atoms with van der Waals surface area (Å²) in [5.74, 6) is 0.594. The minimum absolute atomic E-state index is 0.0852. The maximum absolute atomic E-state index is 12.7. The third kappa shape index (κ3) is 5.56. The van der Waals surface area contributed by atoms with Gasteiger partial charge in [-0.3, -0.25) is 9.59 Å². The quantitative estimate of drug-likeness (QED) is 0.530. The number of aromatic nitrogens is 1. The van der Waals surface area contributed by atoms with Gasteiger partial charge >= 0.3 is 0 Å². The third-order valence-electron chi connectivity index (χ3n) is 5.43. The number of hydrogen-bond donors (Lipinski definition) is 2. The van der Waals surface area contributed by atoms with Crippen molar-refractivity contribution in [2.45, 2.75) is 6.92 Å². The molecule has 33 heavy (non-hydrogen) atoms. The number of para-hydroxylation sites is 1. The first kappa shape index (κ1) is 22.9. The summed E-state index contributed by atoms with van der Waals surface area (Å²) in [5.41, 5.74) is 2.37. The molecule has 1 saturated heterocycles. The van der Waals surface area contributed by atoms with Crippen LogP contribution in [0, 0.1) is 0 Å². The zero-order chi connectivity index (χ0) is 23.4. The van der Waals surface area contributed by atoms with Gasteiger partial charge < -0.3 is 20.4 Å². The molecule has 0 unspecified atom stereocenters. The van der Waals surface area contributed by atoms with Crippen LogP contribution in [0.2, 0.25) is 10.0 Å². The Kier molecular flexibility index (Phi) is 7.01. The monoisotopic (exact) mass is 483 g/mol. The highest BCUT2D eigenvalue weighted by atomic mass is 35.5. The van der Waals surface area contributed by atoms with E-state index in [4.69, 9.17) is 23.2 Å². The van der Waals surface area contributed by atoms with E-state index < -0.39 is 0 Å². The van der Waals surface area contributed by atoms with Crippen molar-refractivity contribution >= 4 is 57.9 Å². The summed E-state index contributed by atoms with van der Waals surface area (Å²) in [6.45, 7) is 4.34. The Hall–Kier alpha value is -3.29. The first-order valence-corrected chi connectivity index (χ1v) is 11.3. The van der Waals surface area contributed by atoms with E-state index in [0.29, 0.717) is 58.8 Å². The van der Waals surface area contributed by atoms with Gasteiger partial charge in [-0.25, -0.2) is 4.98 Å². The number of halogens is 2. The molecule has 2 amide bonds. The second kappa shape index (κ2) is 10.1. The summed E-state index contributed by atoms with van der Waals surface area (Å²) in [5, 5.41) is 7.14. The molecule has 1 aliphatic rings. The van der Waals surface area contributed by atoms with Crippen LogP contribution in [0.1, 0.15) is 17.3 Å². The van der Waals surface area contributed by atoms with Crippen LogP contribution < -0.4 is 15.5 Å². The van der Waals surface area contributed by atoms with E-state index in [1.807, 2.05) is 29.2 Å². The first-order valence-electron chi connectivity index (χ1n) is 10.5. The molecule has 4 rings (SSSR count). The fourth-order valence-electron chi connectivity index (χ4n) is 3.57. The van der Waals surface area contributed by atoms with Crippen LogP contribution in [0.25, 0.3) is 0 Å². The van der Waals surface area contributed by atoms with Crippen molar-refractivity contribution in [2.24, 2.45) is 0 Å². The number of nitrogens with one attached hydrogen (secondary N) is 2. The summed E-state index contributed by atoms with van der Waals surface area (Å²) in [4.78, 5) is 32.6. The Balaban J connectivity index is 1.41. The van der Waals surface area contributed by atoms with Crippen molar-refractivity contribution in [2.75, 3.05) is 41.7 Å². The summed E-state index contributed by atoms with van der Waals surface area (Å²) < 4.78 is 0. The van der Waals surface area contributed by atoms with Gasteiger partial charge in [0.1, 0.15) is 5.82 Å². The summed E-state index contributed by atoms with van der Waals surface area (Å²) in [6.07, 6.45) is 1.56. The van der Waals surface area contributed by atoms with Crippen molar-refractivity contribution in [3.63, 3.8) is 0 Å². The molecule has 0 aliphatic carbocycles. The highest BCUT2D eigenvalue weighted by molar-refractivity contribution is 6.35. The van der Waals surface area contributed by atoms with Gasteiger partial charge in [-0.1, -0.05) is 35.3 Å². The molecule has 7 nitrogen and oxygen atoms in total. The molecule has 0 bridgehead atoms. The fraction of sp³-hybridized carbons (Fsp3) is 0.208. The molecule has 1 aliphatic heterocycles. The third-order valence-corrected chi connectivity index (χ3v) is 6.09. The van der Waals surface area contributed by atoms with Crippen LogP contribution in [0.15, 0.2) is 60.8 Å². The van der Waals surface area contributed by atoms with E-state index >= 15 is 0 Å². The highest BCUT2D eigenvalue weighted by Crippen LogP contribution is 2.31.